The van der Waals surface area contributed by atoms with E-state index in [4.69, 9.17) is 5.73 Å². The fourth-order valence-corrected chi connectivity index (χ4v) is 2.71. The molecule has 5 nitrogen and oxygen atoms in total. The van der Waals surface area contributed by atoms with Gasteiger partial charge in [0.05, 0.1) is 16.3 Å². The van der Waals surface area contributed by atoms with Crippen LogP contribution in [-0.2, 0) is 14.6 Å². The highest BCUT2D eigenvalue weighted by Crippen LogP contribution is 2.31. The van der Waals surface area contributed by atoms with Crippen molar-refractivity contribution in [1.29, 1.82) is 0 Å². The van der Waals surface area contributed by atoms with Gasteiger partial charge in [-0.05, 0) is 12.1 Å². The smallest absolute Gasteiger partial charge is 0.240 e. The molecule has 0 saturated heterocycles. The van der Waals surface area contributed by atoms with E-state index in [1.165, 1.54) is 6.07 Å². The van der Waals surface area contributed by atoms with Crippen LogP contribution in [0.3, 0.4) is 0 Å². The highest BCUT2D eigenvalue weighted by atomic mass is 32.2. The monoisotopic (exact) mass is 212 g/mol. The number of para-hydroxylation sites is 1. The van der Waals surface area contributed by atoms with E-state index in [1.54, 1.807) is 12.1 Å². The molecule has 0 fully saturated rings. The summed E-state index contributed by atoms with van der Waals surface area (Å²) in [6, 6.07) is 4.52. The number of carbonyl (C=O) groups excluding carboxylic acids is 1. The van der Waals surface area contributed by atoms with Crippen molar-refractivity contribution in [2.24, 2.45) is 0 Å². The lowest BCUT2D eigenvalue weighted by atomic mass is 10.2. The second kappa shape index (κ2) is 2.71. The molecule has 0 aliphatic carbocycles. The van der Waals surface area contributed by atoms with Crippen LogP contribution >= 0.6 is 0 Å². The Bertz CT molecular complexity index is 507. The predicted octanol–water partition coefficient (Wildman–Crippen LogP) is -0.00540. The summed E-state index contributed by atoms with van der Waals surface area (Å²) < 4.78 is 23.0. The highest BCUT2D eigenvalue weighted by molar-refractivity contribution is 7.92. The number of hydrogen-bond donors (Lipinski definition) is 2. The Hall–Kier alpha value is -1.56. The maximum absolute atomic E-state index is 11.5. The fourth-order valence-electron chi connectivity index (χ4n) is 1.37. The minimum Gasteiger partial charge on any atom is -0.397 e. The summed E-state index contributed by atoms with van der Waals surface area (Å²) in [5.74, 6) is -1.06. The molecular weight excluding hydrogens is 204 g/mol. The van der Waals surface area contributed by atoms with Crippen LogP contribution in [0.2, 0.25) is 0 Å². The molecule has 0 radical (unpaired) electrons. The summed E-state index contributed by atoms with van der Waals surface area (Å²) in [4.78, 5) is 11.1. The highest BCUT2D eigenvalue weighted by Gasteiger charge is 2.29. The Labute approximate surface area is 80.8 Å². The molecule has 14 heavy (non-hydrogen) atoms. The van der Waals surface area contributed by atoms with Crippen LogP contribution in [0, 0.1) is 0 Å². The number of benzene rings is 1. The lowest BCUT2D eigenvalue weighted by Crippen LogP contribution is -2.29. The van der Waals surface area contributed by atoms with Gasteiger partial charge in [0.1, 0.15) is 5.75 Å². The minimum absolute atomic E-state index is 0.0945. The number of sulfone groups is 1. The third kappa shape index (κ3) is 1.24. The van der Waals surface area contributed by atoms with Gasteiger partial charge in [-0.25, -0.2) is 8.42 Å². The summed E-state index contributed by atoms with van der Waals surface area (Å²) in [7, 11) is -3.51. The number of hydrogen-bond acceptors (Lipinski definition) is 4. The molecule has 1 aromatic rings. The predicted molar refractivity (Wildman–Crippen MR) is 51.5 cm³/mol. The first kappa shape index (κ1) is 9.01. The molecule has 0 saturated carbocycles. The summed E-state index contributed by atoms with van der Waals surface area (Å²) in [6.45, 7) is 0. The van der Waals surface area contributed by atoms with E-state index in [1.807, 2.05) is 0 Å². The summed E-state index contributed by atoms with van der Waals surface area (Å²) in [6.07, 6.45) is 0. The molecule has 1 heterocycles. The van der Waals surface area contributed by atoms with Crippen molar-refractivity contribution in [3.8, 4) is 0 Å². The fraction of sp³-hybridized carbons (Fsp3) is 0.125. The Morgan fingerprint density at radius 2 is 2.07 bits per heavy atom. The second-order valence-corrected chi connectivity index (χ2v) is 4.99. The van der Waals surface area contributed by atoms with Crippen LogP contribution in [0.1, 0.15) is 0 Å². The van der Waals surface area contributed by atoms with Crippen molar-refractivity contribution in [1.82, 2.24) is 0 Å². The first-order chi connectivity index (χ1) is 6.50. The van der Waals surface area contributed by atoms with E-state index in [0.717, 1.165) is 0 Å². The lowest BCUT2D eigenvalue weighted by Gasteiger charge is -2.18. The molecule has 3 N–H and O–H groups in total. The van der Waals surface area contributed by atoms with Gasteiger partial charge in [0.2, 0.25) is 5.91 Å². The molecule has 1 aliphatic rings. The van der Waals surface area contributed by atoms with Gasteiger partial charge in [-0.2, -0.15) is 0 Å². The minimum atomic E-state index is -3.51. The molecule has 2 rings (SSSR count). The lowest BCUT2D eigenvalue weighted by molar-refractivity contribution is -0.114. The number of rotatable bonds is 0. The maximum atomic E-state index is 11.5. The zero-order chi connectivity index (χ0) is 10.3. The molecule has 6 heteroatoms. The quantitative estimate of drug-likeness (QED) is 0.592. The van der Waals surface area contributed by atoms with Gasteiger partial charge in [0.25, 0.3) is 0 Å². The topological polar surface area (TPSA) is 89.3 Å². The largest absolute Gasteiger partial charge is 0.397 e. The first-order valence-electron chi connectivity index (χ1n) is 3.92. The van der Waals surface area contributed by atoms with E-state index < -0.39 is 21.5 Å². The molecule has 1 aromatic carbocycles. The van der Waals surface area contributed by atoms with E-state index in [0.29, 0.717) is 0 Å². The molecule has 0 unspecified atom stereocenters. The Morgan fingerprint density at radius 3 is 2.79 bits per heavy atom. The molecule has 0 aromatic heterocycles. The Balaban J connectivity index is 2.76. The van der Waals surface area contributed by atoms with Gasteiger partial charge in [-0.1, -0.05) is 6.07 Å². The van der Waals surface area contributed by atoms with Crippen LogP contribution in [0.4, 0.5) is 11.4 Å². The van der Waals surface area contributed by atoms with Crippen LogP contribution in [0.25, 0.3) is 0 Å². The third-order valence-electron chi connectivity index (χ3n) is 1.98. The number of amides is 1. The summed E-state index contributed by atoms with van der Waals surface area (Å²) in [5.41, 5.74) is 6.01. The third-order valence-corrected chi connectivity index (χ3v) is 3.63. The number of nitrogens with one attached hydrogen (secondary N) is 1. The van der Waals surface area contributed by atoms with Gasteiger partial charge < -0.3 is 11.1 Å². The molecule has 0 spiro atoms. The van der Waals surface area contributed by atoms with Crippen molar-refractivity contribution in [3.05, 3.63) is 18.2 Å². The number of nitrogen functional groups attached to an aromatic ring is 1. The standard InChI is InChI=1S/C8H8N2O3S/c9-5-2-1-3-6-8(5)10-7(11)4-14(6,12)13/h1-3H,4,9H2,(H,10,11). The maximum Gasteiger partial charge on any atom is 0.240 e. The van der Waals surface area contributed by atoms with Gasteiger partial charge in [-0.3, -0.25) is 4.79 Å². The van der Waals surface area contributed by atoms with Gasteiger partial charge >= 0.3 is 0 Å². The van der Waals surface area contributed by atoms with Crippen LogP contribution in [-0.4, -0.2) is 20.1 Å². The second-order valence-electron chi connectivity index (χ2n) is 3.03. The van der Waals surface area contributed by atoms with Crippen molar-refractivity contribution in [2.75, 3.05) is 16.8 Å². The molecule has 1 amide bonds. The molecule has 74 valence electrons. The van der Waals surface area contributed by atoms with Gasteiger partial charge in [0.15, 0.2) is 9.84 Å². The van der Waals surface area contributed by atoms with E-state index in [9.17, 15) is 13.2 Å². The van der Waals surface area contributed by atoms with E-state index in [2.05, 4.69) is 5.32 Å². The van der Waals surface area contributed by atoms with Crippen LogP contribution in [0.15, 0.2) is 23.1 Å². The van der Waals surface area contributed by atoms with Gasteiger partial charge in [0, 0.05) is 0 Å². The van der Waals surface area contributed by atoms with Crippen molar-refractivity contribution in [3.63, 3.8) is 0 Å². The zero-order valence-corrected chi connectivity index (χ0v) is 7.97. The van der Waals surface area contributed by atoms with E-state index in [-0.39, 0.29) is 16.3 Å². The zero-order valence-electron chi connectivity index (χ0n) is 7.15. The normalized spacial score (nSPS) is 18.4. The average Bonchev–Trinajstić information content (AvgIpc) is 2.05. The number of nitrogens with two attached hydrogens (primary N) is 1. The number of anilines is 2. The van der Waals surface area contributed by atoms with E-state index >= 15 is 0 Å². The van der Waals surface area contributed by atoms with Crippen LogP contribution < -0.4 is 11.1 Å². The SMILES string of the molecule is Nc1cccc2c1NC(=O)CS2(=O)=O. The molecule has 1 aliphatic heterocycles. The van der Waals surface area contributed by atoms with Gasteiger partial charge in [-0.15, -0.1) is 0 Å². The first-order valence-corrected chi connectivity index (χ1v) is 5.57. The molecule has 0 bridgehead atoms. The van der Waals surface area contributed by atoms with Crippen LogP contribution in [0.5, 0.6) is 0 Å². The molecular formula is C8H8N2O3S. The van der Waals surface area contributed by atoms with Crippen molar-refractivity contribution >= 4 is 27.1 Å². The Kier molecular flexibility index (Phi) is 1.75. The van der Waals surface area contributed by atoms with Crippen molar-refractivity contribution in [2.45, 2.75) is 4.90 Å². The average molecular weight is 212 g/mol. The molecule has 0 atom stereocenters. The number of carbonyl (C=O) groups is 1. The van der Waals surface area contributed by atoms with Crippen molar-refractivity contribution < 1.29 is 13.2 Å². The number of fused-ring (bicyclic) bond motifs is 1. The Morgan fingerprint density at radius 1 is 1.36 bits per heavy atom. The summed E-state index contributed by atoms with van der Waals surface area (Å²) >= 11 is 0. The summed E-state index contributed by atoms with van der Waals surface area (Å²) in [5, 5.41) is 2.44.